The topological polar surface area (TPSA) is 42.0 Å². The zero-order valence-corrected chi connectivity index (χ0v) is 9.64. The van der Waals surface area contributed by atoms with Gasteiger partial charge in [-0.15, -0.1) is 0 Å². The fraction of sp³-hybridized carbons (Fsp3) is 0.333. The second-order valence-corrected chi connectivity index (χ2v) is 3.43. The number of aromatic nitrogens is 1. The number of alkyl halides is 3. The summed E-state index contributed by atoms with van der Waals surface area (Å²) in [5, 5.41) is 2.50. The van der Waals surface area contributed by atoms with Crippen LogP contribution in [0.5, 0.6) is 0 Å². The maximum atomic E-state index is 12.5. The van der Waals surface area contributed by atoms with Crippen LogP contribution in [0.4, 0.5) is 13.2 Å². The van der Waals surface area contributed by atoms with Gasteiger partial charge in [-0.25, -0.2) is 0 Å². The average Bonchev–Trinajstić information content (AvgIpc) is 2.27. The second kappa shape index (κ2) is 6.05. The van der Waals surface area contributed by atoms with Crippen molar-refractivity contribution in [2.75, 3.05) is 6.54 Å². The molecule has 96 valence electrons. The van der Waals surface area contributed by atoms with Crippen LogP contribution < -0.4 is 5.32 Å². The lowest BCUT2D eigenvalue weighted by Crippen LogP contribution is -2.20. The summed E-state index contributed by atoms with van der Waals surface area (Å²) in [5.41, 5.74) is -1.15. The van der Waals surface area contributed by atoms with E-state index in [4.69, 9.17) is 0 Å². The molecule has 0 atom stereocenters. The van der Waals surface area contributed by atoms with Gasteiger partial charge < -0.3 is 5.32 Å². The van der Waals surface area contributed by atoms with E-state index in [0.717, 1.165) is 6.20 Å². The number of hydrogen-bond acceptors (Lipinski definition) is 2. The first kappa shape index (κ1) is 14.0. The van der Waals surface area contributed by atoms with Crippen molar-refractivity contribution in [2.24, 2.45) is 0 Å². The molecule has 1 amide bonds. The van der Waals surface area contributed by atoms with Gasteiger partial charge in [0, 0.05) is 26.1 Å². The minimum absolute atomic E-state index is 0.159. The van der Waals surface area contributed by atoms with Gasteiger partial charge in [0.15, 0.2) is 5.69 Å². The molecule has 0 spiro atoms. The molecule has 1 heterocycles. The second-order valence-electron chi connectivity index (χ2n) is 3.43. The molecule has 1 aromatic rings. The van der Waals surface area contributed by atoms with E-state index in [0.29, 0.717) is 6.54 Å². The maximum Gasteiger partial charge on any atom is 0.434 e. The third kappa shape index (κ3) is 4.45. The Kier molecular flexibility index (Phi) is 4.72. The Morgan fingerprint density at radius 1 is 1.50 bits per heavy atom. The summed E-state index contributed by atoms with van der Waals surface area (Å²) < 4.78 is 37.6. The van der Waals surface area contributed by atoms with Crippen LogP contribution in [-0.2, 0) is 11.0 Å². The summed E-state index contributed by atoms with van der Waals surface area (Å²) in [4.78, 5) is 13.8. The minimum Gasteiger partial charge on any atom is -0.355 e. The smallest absolute Gasteiger partial charge is 0.355 e. The first-order chi connectivity index (χ1) is 8.41. The van der Waals surface area contributed by atoms with E-state index in [9.17, 15) is 18.0 Å². The number of carbonyl (C=O) groups is 1. The first-order valence-corrected chi connectivity index (χ1v) is 5.17. The molecule has 0 aliphatic carbocycles. The molecule has 0 radical (unpaired) electrons. The molecule has 0 fully saturated rings. The van der Waals surface area contributed by atoms with Crippen molar-refractivity contribution in [1.29, 1.82) is 0 Å². The normalized spacial score (nSPS) is 10.4. The van der Waals surface area contributed by atoms with Crippen LogP contribution in [0.25, 0.3) is 0 Å². The Balaban J connectivity index is 2.73. The molecule has 1 N–H and O–H groups in total. The van der Waals surface area contributed by atoms with Gasteiger partial charge in [0.05, 0.1) is 5.56 Å². The number of nitrogens with zero attached hydrogens (tertiary/aromatic N) is 1. The number of halogens is 3. The molecular formula is C12H11F3N2O. The van der Waals surface area contributed by atoms with E-state index in [1.165, 1.54) is 19.1 Å². The van der Waals surface area contributed by atoms with Gasteiger partial charge in [-0.05, 0) is 12.1 Å². The van der Waals surface area contributed by atoms with E-state index in [2.05, 4.69) is 22.1 Å². The van der Waals surface area contributed by atoms with Crippen molar-refractivity contribution >= 4 is 5.91 Å². The van der Waals surface area contributed by atoms with Crippen LogP contribution in [0.2, 0.25) is 0 Å². The Morgan fingerprint density at radius 2 is 2.22 bits per heavy atom. The van der Waals surface area contributed by atoms with Gasteiger partial charge in [0.1, 0.15) is 0 Å². The molecule has 1 rings (SSSR count). The summed E-state index contributed by atoms with van der Waals surface area (Å²) in [5.74, 6) is 4.77. The summed E-state index contributed by atoms with van der Waals surface area (Å²) in [6.07, 6.45) is -3.15. The number of hydrogen-bond donors (Lipinski definition) is 1. The van der Waals surface area contributed by atoms with Crippen LogP contribution in [0.3, 0.4) is 0 Å². The predicted molar refractivity (Wildman–Crippen MR) is 59.4 cm³/mol. The number of nitrogens with one attached hydrogen (secondary N) is 1. The highest BCUT2D eigenvalue weighted by Crippen LogP contribution is 2.29. The zero-order valence-electron chi connectivity index (χ0n) is 9.64. The highest BCUT2D eigenvalue weighted by atomic mass is 19.4. The molecule has 0 bridgehead atoms. The number of pyridine rings is 1. The zero-order chi connectivity index (χ0) is 13.6. The number of rotatable bonds is 2. The minimum atomic E-state index is -4.51. The highest BCUT2D eigenvalue weighted by Gasteiger charge is 2.34. The van der Waals surface area contributed by atoms with E-state index >= 15 is 0 Å². The Hall–Kier alpha value is -2.03. The lowest BCUT2D eigenvalue weighted by Gasteiger charge is -2.06. The molecule has 1 aromatic heterocycles. The Bertz CT molecular complexity index is 486. The van der Waals surface area contributed by atoms with Crippen LogP contribution in [-0.4, -0.2) is 17.4 Å². The molecule has 3 nitrogen and oxygen atoms in total. The molecule has 0 unspecified atom stereocenters. The lowest BCUT2D eigenvalue weighted by atomic mass is 10.2. The summed E-state index contributed by atoms with van der Waals surface area (Å²) in [6, 6.07) is 2.66. The largest absolute Gasteiger partial charge is 0.434 e. The molecule has 18 heavy (non-hydrogen) atoms. The van der Waals surface area contributed by atoms with Crippen molar-refractivity contribution in [1.82, 2.24) is 10.3 Å². The van der Waals surface area contributed by atoms with Gasteiger partial charge in [0.2, 0.25) is 5.91 Å². The first-order valence-electron chi connectivity index (χ1n) is 5.17. The fourth-order valence-electron chi connectivity index (χ4n) is 1.19. The standard InChI is InChI=1S/C12H11F3N2O/c1-9(18)16-7-3-2-5-10-6-4-8-17-11(10)12(13,14)15/h4,6,8H,3,7H2,1H3,(H,16,18). The molecular weight excluding hydrogens is 245 g/mol. The third-order valence-corrected chi connectivity index (χ3v) is 1.92. The van der Waals surface area contributed by atoms with Crippen LogP contribution in [0, 0.1) is 11.8 Å². The molecule has 0 saturated carbocycles. The quantitative estimate of drug-likeness (QED) is 0.649. The van der Waals surface area contributed by atoms with Crippen LogP contribution in [0.1, 0.15) is 24.6 Å². The maximum absolute atomic E-state index is 12.5. The van der Waals surface area contributed by atoms with Gasteiger partial charge in [-0.3, -0.25) is 9.78 Å². The van der Waals surface area contributed by atoms with E-state index in [-0.39, 0.29) is 17.9 Å². The molecule has 0 saturated heterocycles. The van der Waals surface area contributed by atoms with Crippen molar-refractivity contribution < 1.29 is 18.0 Å². The van der Waals surface area contributed by atoms with E-state index < -0.39 is 11.9 Å². The predicted octanol–water partition coefficient (Wildman–Crippen LogP) is 1.98. The molecule has 6 heteroatoms. The van der Waals surface area contributed by atoms with Gasteiger partial charge in [-0.2, -0.15) is 13.2 Å². The summed E-state index contributed by atoms with van der Waals surface area (Å²) in [7, 11) is 0. The summed E-state index contributed by atoms with van der Waals surface area (Å²) >= 11 is 0. The Morgan fingerprint density at radius 3 is 2.83 bits per heavy atom. The van der Waals surface area contributed by atoms with Crippen molar-refractivity contribution in [3.63, 3.8) is 0 Å². The van der Waals surface area contributed by atoms with Crippen molar-refractivity contribution in [3.05, 3.63) is 29.6 Å². The fourth-order valence-corrected chi connectivity index (χ4v) is 1.19. The van der Waals surface area contributed by atoms with Crippen LogP contribution in [0.15, 0.2) is 18.3 Å². The third-order valence-electron chi connectivity index (χ3n) is 1.92. The summed E-state index contributed by atoms with van der Waals surface area (Å²) in [6.45, 7) is 1.67. The number of carbonyl (C=O) groups excluding carboxylic acids is 1. The molecule has 0 aromatic carbocycles. The lowest BCUT2D eigenvalue weighted by molar-refractivity contribution is -0.141. The number of amides is 1. The van der Waals surface area contributed by atoms with Gasteiger partial charge in [-0.1, -0.05) is 11.8 Å². The van der Waals surface area contributed by atoms with E-state index in [1.807, 2.05) is 0 Å². The average molecular weight is 256 g/mol. The monoisotopic (exact) mass is 256 g/mol. The highest BCUT2D eigenvalue weighted by molar-refractivity contribution is 5.72. The van der Waals surface area contributed by atoms with Crippen molar-refractivity contribution in [3.8, 4) is 11.8 Å². The van der Waals surface area contributed by atoms with Crippen molar-refractivity contribution in [2.45, 2.75) is 19.5 Å². The molecule has 0 aliphatic rings. The van der Waals surface area contributed by atoms with Gasteiger partial charge >= 0.3 is 6.18 Å². The Labute approximate surface area is 102 Å². The molecule has 0 aliphatic heterocycles. The van der Waals surface area contributed by atoms with E-state index in [1.54, 1.807) is 0 Å². The van der Waals surface area contributed by atoms with Gasteiger partial charge in [0.25, 0.3) is 0 Å². The SMILES string of the molecule is CC(=O)NCCC#Cc1cccnc1C(F)(F)F. The van der Waals surface area contributed by atoms with Crippen LogP contribution >= 0.6 is 0 Å².